The van der Waals surface area contributed by atoms with Gasteiger partial charge in [0.25, 0.3) is 11.6 Å². The normalized spacial score (nSPS) is 10.7. The Kier molecular flexibility index (Phi) is 4.89. The van der Waals surface area contributed by atoms with Crippen molar-refractivity contribution in [3.8, 4) is 17.0 Å². The molecule has 2 aromatic carbocycles. The highest BCUT2D eigenvalue weighted by atomic mass is 16.6. The smallest absolute Gasteiger partial charge is 0.282 e. The summed E-state index contributed by atoms with van der Waals surface area (Å²) in [5, 5.41) is 14.0. The Labute approximate surface area is 171 Å². The second-order valence-corrected chi connectivity index (χ2v) is 6.77. The highest BCUT2D eigenvalue weighted by Gasteiger charge is 2.21. The Balaban J connectivity index is 1.65. The first-order valence-electron chi connectivity index (χ1n) is 9.14. The third-order valence-corrected chi connectivity index (χ3v) is 4.66. The van der Waals surface area contributed by atoms with Gasteiger partial charge in [-0.25, -0.2) is 4.98 Å². The van der Waals surface area contributed by atoms with E-state index >= 15 is 0 Å². The number of aromatic nitrogens is 2. The van der Waals surface area contributed by atoms with Gasteiger partial charge >= 0.3 is 0 Å². The highest BCUT2D eigenvalue weighted by molar-refractivity contribution is 6.07. The van der Waals surface area contributed by atoms with Crippen molar-refractivity contribution in [3.05, 3.63) is 88.2 Å². The number of anilines is 1. The van der Waals surface area contributed by atoms with Crippen molar-refractivity contribution < 1.29 is 14.5 Å². The third kappa shape index (κ3) is 3.70. The van der Waals surface area contributed by atoms with Crippen molar-refractivity contribution in [2.24, 2.45) is 0 Å². The lowest BCUT2D eigenvalue weighted by molar-refractivity contribution is -0.385. The van der Waals surface area contributed by atoms with Gasteiger partial charge in [-0.2, -0.15) is 0 Å². The molecule has 0 aliphatic carbocycles. The fraction of sp³-hybridized carbons (Fsp3) is 0.0909. The van der Waals surface area contributed by atoms with E-state index in [-0.39, 0.29) is 11.3 Å². The SMILES string of the molecule is COc1ccc([N+](=O)[O-])c(C(=O)Nc2cccc(-c3cn4cc(C)ccc4n3)c2)c1. The van der Waals surface area contributed by atoms with Gasteiger partial charge < -0.3 is 14.5 Å². The van der Waals surface area contributed by atoms with E-state index in [0.717, 1.165) is 22.5 Å². The molecule has 8 heteroatoms. The molecule has 0 fully saturated rings. The molecule has 0 radical (unpaired) electrons. The van der Waals surface area contributed by atoms with E-state index in [2.05, 4.69) is 10.3 Å². The number of hydrogen-bond donors (Lipinski definition) is 1. The quantitative estimate of drug-likeness (QED) is 0.392. The van der Waals surface area contributed by atoms with Crippen LogP contribution in [0, 0.1) is 17.0 Å². The molecule has 2 heterocycles. The molecule has 1 N–H and O–H groups in total. The van der Waals surface area contributed by atoms with Crippen molar-refractivity contribution in [1.82, 2.24) is 9.38 Å². The number of nitrogens with zero attached hydrogens (tertiary/aromatic N) is 3. The molecule has 2 aromatic heterocycles. The number of amides is 1. The minimum atomic E-state index is -0.594. The van der Waals surface area contributed by atoms with Crippen LogP contribution < -0.4 is 10.1 Å². The summed E-state index contributed by atoms with van der Waals surface area (Å²) in [5.74, 6) is -0.233. The summed E-state index contributed by atoms with van der Waals surface area (Å²) in [4.78, 5) is 28.1. The molecule has 150 valence electrons. The molecule has 0 saturated heterocycles. The third-order valence-electron chi connectivity index (χ3n) is 4.66. The van der Waals surface area contributed by atoms with Gasteiger partial charge in [0.15, 0.2) is 0 Å². The van der Waals surface area contributed by atoms with Gasteiger partial charge in [0.2, 0.25) is 0 Å². The van der Waals surface area contributed by atoms with Gasteiger partial charge in [-0.1, -0.05) is 18.2 Å². The zero-order valence-electron chi connectivity index (χ0n) is 16.3. The fourth-order valence-electron chi connectivity index (χ4n) is 3.18. The number of ether oxygens (including phenoxy) is 1. The Morgan fingerprint density at radius 1 is 1.13 bits per heavy atom. The zero-order chi connectivity index (χ0) is 21.3. The summed E-state index contributed by atoms with van der Waals surface area (Å²) in [6.45, 7) is 2.01. The predicted octanol–water partition coefficient (Wildman–Crippen LogP) is 4.48. The molecule has 0 saturated carbocycles. The first kappa shape index (κ1) is 19.1. The number of hydrogen-bond acceptors (Lipinski definition) is 5. The van der Waals surface area contributed by atoms with E-state index < -0.39 is 10.8 Å². The molecule has 4 rings (SSSR count). The number of benzene rings is 2. The van der Waals surface area contributed by atoms with Crippen LogP contribution in [0.15, 0.2) is 67.0 Å². The molecular weight excluding hydrogens is 384 g/mol. The van der Waals surface area contributed by atoms with Gasteiger partial charge in [0.1, 0.15) is 17.0 Å². The highest BCUT2D eigenvalue weighted by Crippen LogP contribution is 2.27. The second kappa shape index (κ2) is 7.67. The topological polar surface area (TPSA) is 98.8 Å². The predicted molar refractivity (Wildman–Crippen MR) is 113 cm³/mol. The Morgan fingerprint density at radius 3 is 2.73 bits per heavy atom. The number of carbonyl (C=O) groups excluding carboxylic acids is 1. The molecule has 0 bridgehead atoms. The maximum Gasteiger partial charge on any atom is 0.282 e. The summed E-state index contributed by atoms with van der Waals surface area (Å²) < 4.78 is 7.03. The van der Waals surface area contributed by atoms with Crippen LogP contribution in [-0.2, 0) is 0 Å². The van der Waals surface area contributed by atoms with E-state index in [1.54, 1.807) is 18.2 Å². The number of imidazole rings is 1. The summed E-state index contributed by atoms with van der Waals surface area (Å²) in [5.41, 5.74) is 3.64. The van der Waals surface area contributed by atoms with Gasteiger partial charge in [0.05, 0.1) is 17.7 Å². The van der Waals surface area contributed by atoms with Crippen LogP contribution in [0.3, 0.4) is 0 Å². The van der Waals surface area contributed by atoms with E-state index in [9.17, 15) is 14.9 Å². The summed E-state index contributed by atoms with van der Waals surface area (Å²) >= 11 is 0. The van der Waals surface area contributed by atoms with Gasteiger partial charge in [-0.15, -0.1) is 0 Å². The molecule has 0 aliphatic heterocycles. The monoisotopic (exact) mass is 402 g/mol. The second-order valence-electron chi connectivity index (χ2n) is 6.77. The molecule has 4 aromatic rings. The summed E-state index contributed by atoms with van der Waals surface area (Å²) in [7, 11) is 1.43. The number of nitrogens with one attached hydrogen (secondary N) is 1. The van der Waals surface area contributed by atoms with Crippen LogP contribution in [0.4, 0.5) is 11.4 Å². The molecule has 0 aliphatic rings. The summed E-state index contributed by atoms with van der Waals surface area (Å²) in [6, 6.07) is 15.1. The van der Waals surface area contributed by atoms with Crippen LogP contribution in [-0.4, -0.2) is 27.3 Å². The lowest BCUT2D eigenvalue weighted by Crippen LogP contribution is -2.14. The molecule has 30 heavy (non-hydrogen) atoms. The van der Waals surface area contributed by atoms with Crippen molar-refractivity contribution in [1.29, 1.82) is 0 Å². The van der Waals surface area contributed by atoms with Crippen molar-refractivity contribution in [3.63, 3.8) is 0 Å². The van der Waals surface area contributed by atoms with E-state index in [0.29, 0.717) is 11.4 Å². The number of pyridine rings is 1. The molecule has 1 amide bonds. The van der Waals surface area contributed by atoms with Crippen molar-refractivity contribution in [2.45, 2.75) is 6.92 Å². The minimum Gasteiger partial charge on any atom is -0.497 e. The number of nitro groups is 1. The molecule has 0 spiro atoms. The van der Waals surface area contributed by atoms with Crippen LogP contribution >= 0.6 is 0 Å². The maximum atomic E-state index is 12.7. The number of rotatable bonds is 5. The largest absolute Gasteiger partial charge is 0.497 e. The molecule has 0 unspecified atom stereocenters. The van der Waals surface area contributed by atoms with E-state index in [1.165, 1.54) is 25.3 Å². The number of methoxy groups -OCH3 is 1. The average molecular weight is 402 g/mol. The summed E-state index contributed by atoms with van der Waals surface area (Å²) in [6.07, 6.45) is 3.90. The number of nitro benzene ring substituents is 1. The van der Waals surface area contributed by atoms with Gasteiger partial charge in [-0.05, 0) is 42.8 Å². The first-order valence-corrected chi connectivity index (χ1v) is 9.14. The lowest BCUT2D eigenvalue weighted by atomic mass is 10.1. The van der Waals surface area contributed by atoms with E-state index in [1.807, 2.05) is 41.9 Å². The van der Waals surface area contributed by atoms with Gasteiger partial charge in [-0.3, -0.25) is 14.9 Å². The van der Waals surface area contributed by atoms with Crippen molar-refractivity contribution >= 4 is 22.9 Å². The van der Waals surface area contributed by atoms with Crippen LogP contribution in [0.1, 0.15) is 15.9 Å². The van der Waals surface area contributed by atoms with Crippen LogP contribution in [0.25, 0.3) is 16.9 Å². The van der Waals surface area contributed by atoms with Crippen LogP contribution in [0.5, 0.6) is 5.75 Å². The van der Waals surface area contributed by atoms with Crippen molar-refractivity contribution in [2.75, 3.05) is 12.4 Å². The zero-order valence-corrected chi connectivity index (χ0v) is 16.3. The maximum absolute atomic E-state index is 12.7. The fourth-order valence-corrected chi connectivity index (χ4v) is 3.18. The number of carbonyl (C=O) groups is 1. The average Bonchev–Trinajstić information content (AvgIpc) is 3.16. The Morgan fingerprint density at radius 2 is 1.97 bits per heavy atom. The number of fused-ring (bicyclic) bond motifs is 1. The molecule has 0 atom stereocenters. The number of aryl methyl sites for hydroxylation is 1. The minimum absolute atomic E-state index is 0.0760. The lowest BCUT2D eigenvalue weighted by Gasteiger charge is -2.08. The molecular formula is C22H18N4O4. The Bertz CT molecular complexity index is 1280. The van der Waals surface area contributed by atoms with Crippen LogP contribution in [0.2, 0.25) is 0 Å². The molecule has 8 nitrogen and oxygen atoms in total. The van der Waals surface area contributed by atoms with Gasteiger partial charge in [0, 0.05) is 29.7 Å². The first-order chi connectivity index (χ1) is 14.4. The standard InChI is InChI=1S/C22H18N4O4/c1-14-6-9-21-24-19(13-25(21)12-14)15-4-3-5-16(10-15)23-22(27)18-11-17(30-2)7-8-20(18)26(28)29/h3-13H,1-2H3,(H,23,27). The Hall–Kier alpha value is -4.20. The van der Waals surface area contributed by atoms with E-state index in [4.69, 9.17) is 4.74 Å².